The van der Waals surface area contributed by atoms with Gasteiger partial charge in [-0.3, -0.25) is 0 Å². The Kier molecular flexibility index (Phi) is 29.8. The largest absolute Gasteiger partial charge is 0.474 e. The number of piperidine rings is 4. The monoisotopic (exact) mass is 1970 g/mol. The number of pyridine rings is 3. The van der Waals surface area contributed by atoms with Crippen LogP contribution in [0.5, 0.6) is 23.5 Å². The van der Waals surface area contributed by atoms with Crippen LogP contribution in [0.2, 0.25) is 5.02 Å². The standard InChI is InChI=1S/C26H29N5O3S.C25H26ClN5O3S.C25H28N6O3S.C25H27N5O3S/c1-17-7-6-8-19-15-23(18(2)29-25-21-9-4-5-10-22(21)27-16-28-25)30-26(24(17)19)34-20-11-13-31(14-12-20)35(3,32)33;1-16(29-24-19-7-3-4-9-21(19)27-15-28-24)22-14-17-6-5-8-20(26)23(17)25(30-22)34-18-10-12-31(13-11-18)35(2,32)33;1-16-7-6-10-21-22(16)25(34-18-11-13-31(14-12-18)35(3,32)33)30-23(29-21)17(2)28-24-19-8-4-5-9-20(19)26-15-27-24;1-17(28-24-21-9-5-6-10-22(21)26-16-27-24)23-15-18-7-3-4-8-20(18)25(29-23)33-19-11-13-30(14-12-19)34(2,31)32/h4-10,15-16,18,20H,11-14H2,1-3H3,(H,27,28,29);3-9,14-16,18H,10-13H2,1-2H3,(H,27,28,29);4-10,15,17-18H,11-14H2,1-3H3,(H,26,27,28);3-10,15-17,19H,11-14H2,1-2H3,(H,26,27,28)/t18-;16-;2*17-/m0000/s1. The maximum atomic E-state index is 11.9. The first-order valence-corrected chi connectivity index (χ1v) is 54.0. The zero-order valence-electron chi connectivity index (χ0n) is 78.7. The summed E-state index contributed by atoms with van der Waals surface area (Å²) in [6, 6.07) is 62.7. The lowest BCUT2D eigenvalue weighted by Gasteiger charge is -2.30. The highest BCUT2D eigenvalue weighted by molar-refractivity contribution is 7.89. The average molecular weight is 1970 g/mol. The van der Waals surface area contributed by atoms with Gasteiger partial charge in [-0.05, 0) is 205 Å². The fourth-order valence-electron chi connectivity index (χ4n) is 17.8. The molecule has 20 rings (SSSR count). The number of nitrogens with one attached hydrogen (secondary N) is 4. The first-order valence-electron chi connectivity index (χ1n) is 46.3. The third-order valence-corrected chi connectivity index (χ3v) is 30.9. The van der Waals surface area contributed by atoms with Gasteiger partial charge in [-0.25, -0.2) is 111 Å². The Morgan fingerprint density at radius 2 is 0.583 bits per heavy atom. The van der Waals surface area contributed by atoms with Gasteiger partial charge in [0.1, 0.15) is 73.0 Å². The van der Waals surface area contributed by atoms with Crippen LogP contribution in [0.4, 0.5) is 23.3 Å². The second-order valence-corrected chi connectivity index (χ2v) is 43.8. The lowest BCUT2D eigenvalue weighted by atomic mass is 10.0. The first-order chi connectivity index (χ1) is 66.8. The molecule has 4 aliphatic rings. The van der Waals surface area contributed by atoms with Gasteiger partial charge in [0.25, 0.3) is 0 Å². The van der Waals surface area contributed by atoms with Crippen LogP contribution in [0.3, 0.4) is 0 Å². The molecule has 12 heterocycles. The molecule has 4 saturated heterocycles. The molecule has 0 bridgehead atoms. The predicted octanol–water partition coefficient (Wildman–Crippen LogP) is 17.3. The van der Waals surface area contributed by atoms with Crippen LogP contribution in [-0.2, 0) is 40.1 Å². The number of fused-ring (bicyclic) bond motifs is 8. The molecule has 4 aliphatic heterocycles. The quantitative estimate of drug-likeness (QED) is 0.0436. The second kappa shape index (κ2) is 42.4. The van der Waals surface area contributed by atoms with E-state index < -0.39 is 40.1 Å². The topological polar surface area (TPSA) is 402 Å². The molecule has 0 saturated carbocycles. The van der Waals surface area contributed by atoms with Crippen molar-refractivity contribution in [2.45, 2.75) is 141 Å². The zero-order chi connectivity index (χ0) is 97.4. The van der Waals surface area contributed by atoms with Gasteiger partial charge in [0.2, 0.25) is 63.6 Å². The minimum atomic E-state index is -3.20. The Morgan fingerprint density at radius 3 is 0.964 bits per heavy atom. The van der Waals surface area contributed by atoms with Gasteiger partial charge in [0, 0.05) is 84.7 Å². The Labute approximate surface area is 813 Å². The van der Waals surface area contributed by atoms with E-state index in [4.69, 9.17) is 55.5 Å². The van der Waals surface area contributed by atoms with Gasteiger partial charge in [0.05, 0.1) is 110 Å². The number of hydrogen-bond acceptors (Lipinski definition) is 29. The molecule has 139 heavy (non-hydrogen) atoms. The van der Waals surface area contributed by atoms with Crippen LogP contribution in [0.15, 0.2) is 219 Å². The van der Waals surface area contributed by atoms with E-state index in [0.717, 1.165) is 132 Å². The number of nitrogens with zero attached hydrogens (tertiary/aromatic N) is 17. The van der Waals surface area contributed by atoms with Crippen molar-refractivity contribution >= 4 is 162 Å². The maximum Gasteiger partial charge on any atom is 0.225 e. The molecule has 16 aromatic rings. The SMILES string of the molecule is C[C@H](Nc1ncnc2ccccc12)c1cc2cccc(Cl)c2c(OC2CCN(S(C)(=O)=O)CC2)n1.C[C@H](Nc1ncnc2ccccc12)c1cc2ccccc2c(OC2CCN(S(C)(=O)=O)CC2)n1.Cc1cccc2cc([C@H](C)Nc3ncnc4ccccc34)nc(OC3CCN(S(C)(=O)=O)CC3)c12.Cc1cccc2nc([C@H](C)Nc3ncnc4ccccc34)nc(OC3CCN(S(C)(=O)=O)CC3)c12. The molecular formula is C101H110ClN21O12S4. The minimum Gasteiger partial charge on any atom is -0.474 e. The highest BCUT2D eigenvalue weighted by Gasteiger charge is 2.34. The summed E-state index contributed by atoms with van der Waals surface area (Å²) in [5, 5.41) is 24.7. The van der Waals surface area contributed by atoms with Gasteiger partial charge in [-0.15, -0.1) is 0 Å². The molecule has 4 N–H and O–H groups in total. The molecular weight excluding hydrogens is 1860 g/mol. The summed E-state index contributed by atoms with van der Waals surface area (Å²) in [6.45, 7) is 15.7. The van der Waals surface area contributed by atoms with Crippen molar-refractivity contribution in [3.05, 3.63) is 258 Å². The van der Waals surface area contributed by atoms with Gasteiger partial charge >= 0.3 is 0 Å². The summed E-state index contributed by atoms with van der Waals surface area (Å²) < 4.78 is 126. The van der Waals surface area contributed by atoms with Crippen molar-refractivity contribution in [1.29, 1.82) is 0 Å². The number of ether oxygens (including phenoxy) is 4. The first kappa shape index (κ1) is 97.7. The van der Waals surface area contributed by atoms with Crippen LogP contribution in [0.1, 0.15) is 137 Å². The summed E-state index contributed by atoms with van der Waals surface area (Å²) >= 11 is 6.55. The summed E-state index contributed by atoms with van der Waals surface area (Å²) in [6.07, 6.45) is 15.7. The minimum absolute atomic E-state index is 0.0850. The van der Waals surface area contributed by atoms with Crippen molar-refractivity contribution in [3.8, 4) is 23.5 Å². The molecule has 38 heteroatoms. The molecule has 4 atom stereocenters. The van der Waals surface area contributed by atoms with Crippen LogP contribution in [-0.4, -0.2) is 217 Å². The van der Waals surface area contributed by atoms with E-state index in [2.05, 4.69) is 99.3 Å². The van der Waals surface area contributed by atoms with Gasteiger partial charge in [0.15, 0.2) is 5.82 Å². The Hall–Kier alpha value is -13.0. The van der Waals surface area contributed by atoms with E-state index >= 15 is 0 Å². The van der Waals surface area contributed by atoms with Crippen LogP contribution in [0.25, 0.3) is 86.8 Å². The van der Waals surface area contributed by atoms with Crippen LogP contribution in [0, 0.1) is 13.8 Å². The molecule has 0 unspecified atom stereocenters. The number of sulfonamides is 4. The summed E-state index contributed by atoms with van der Waals surface area (Å²) in [5.74, 6) is 5.70. The molecule has 8 aromatic heterocycles. The number of benzene rings is 8. The highest BCUT2D eigenvalue weighted by atomic mass is 35.5. The molecule has 33 nitrogen and oxygen atoms in total. The fraction of sp³-hybridized carbons (Fsp3) is 0.337. The van der Waals surface area contributed by atoms with Gasteiger partial charge in [-0.2, -0.15) is 4.98 Å². The third-order valence-electron chi connectivity index (χ3n) is 25.4. The van der Waals surface area contributed by atoms with E-state index in [-0.39, 0.29) is 48.6 Å². The lowest BCUT2D eigenvalue weighted by Crippen LogP contribution is -2.41. The van der Waals surface area contributed by atoms with Gasteiger partial charge in [-0.1, -0.05) is 121 Å². The van der Waals surface area contributed by atoms with Gasteiger partial charge < -0.3 is 40.2 Å². The van der Waals surface area contributed by atoms with E-state index in [1.807, 2.05) is 198 Å². The summed E-state index contributed by atoms with van der Waals surface area (Å²) in [5.41, 5.74) is 8.86. The molecule has 8 aromatic carbocycles. The summed E-state index contributed by atoms with van der Waals surface area (Å²) in [4.78, 5) is 59.4. The van der Waals surface area contributed by atoms with Crippen molar-refractivity contribution < 1.29 is 52.6 Å². The number of halogens is 1. The average Bonchev–Trinajstić information content (AvgIpc) is 0.785. The Balaban J connectivity index is 0.000000128. The van der Waals surface area contributed by atoms with E-state index in [1.54, 1.807) is 25.3 Å². The molecule has 0 radical (unpaired) electrons. The number of aromatic nitrogens is 13. The Bertz CT molecular complexity index is 7140. The molecule has 722 valence electrons. The normalized spacial score (nSPS) is 16.5. The lowest BCUT2D eigenvalue weighted by molar-refractivity contribution is 0.131. The van der Waals surface area contributed by atoms with Crippen molar-refractivity contribution in [3.63, 3.8) is 0 Å². The number of hydrogen-bond donors (Lipinski definition) is 4. The molecule has 0 spiro atoms. The number of para-hydroxylation sites is 4. The number of aryl methyl sites for hydroxylation is 2. The van der Waals surface area contributed by atoms with Crippen LogP contribution < -0.4 is 40.2 Å². The summed E-state index contributed by atoms with van der Waals surface area (Å²) in [7, 11) is -12.8. The van der Waals surface area contributed by atoms with Crippen molar-refractivity contribution in [1.82, 2.24) is 82.0 Å². The Morgan fingerprint density at radius 1 is 0.302 bits per heavy atom. The molecule has 0 aliphatic carbocycles. The molecule has 4 fully saturated rings. The van der Waals surface area contributed by atoms with Crippen LogP contribution >= 0.6 is 11.6 Å². The van der Waals surface area contributed by atoms with E-state index in [9.17, 15) is 33.7 Å². The van der Waals surface area contributed by atoms with Crippen molar-refractivity contribution in [2.75, 3.05) is 98.6 Å². The maximum absolute atomic E-state index is 11.9. The van der Waals surface area contributed by atoms with E-state index in [1.165, 1.54) is 42.2 Å². The smallest absolute Gasteiger partial charge is 0.225 e. The highest BCUT2D eigenvalue weighted by Crippen LogP contribution is 2.40. The molecule has 0 amide bonds. The van der Waals surface area contributed by atoms with Crippen molar-refractivity contribution in [2.24, 2.45) is 0 Å². The second-order valence-electron chi connectivity index (χ2n) is 35.5. The number of anilines is 4. The zero-order valence-corrected chi connectivity index (χ0v) is 82.8. The number of rotatable bonds is 24. The fourth-order valence-corrected chi connectivity index (χ4v) is 21.5. The third kappa shape index (κ3) is 23.5. The van der Waals surface area contributed by atoms with E-state index in [0.29, 0.717) is 144 Å². The predicted molar refractivity (Wildman–Crippen MR) is 546 cm³/mol.